The molecule has 0 saturated carbocycles. The summed E-state index contributed by atoms with van der Waals surface area (Å²) in [5, 5.41) is 0. The number of alkyl halides is 6. The van der Waals surface area contributed by atoms with E-state index in [4.69, 9.17) is 0 Å². The van der Waals surface area contributed by atoms with Crippen molar-refractivity contribution < 1.29 is 31.1 Å². The molecular weight excluding hydrogens is 300 g/mol. The van der Waals surface area contributed by atoms with Gasteiger partial charge in [-0.3, -0.25) is 4.79 Å². The normalized spacial score (nSPS) is 12.4. The zero-order valence-corrected chi connectivity index (χ0v) is 11.3. The van der Waals surface area contributed by atoms with Gasteiger partial charge in [-0.25, -0.2) is 0 Å². The van der Waals surface area contributed by atoms with Crippen molar-refractivity contribution >= 4 is 5.91 Å². The first-order valence-electron chi connectivity index (χ1n) is 6.10. The van der Waals surface area contributed by atoms with Gasteiger partial charge in [0.1, 0.15) is 0 Å². The molecule has 1 aromatic rings. The summed E-state index contributed by atoms with van der Waals surface area (Å²) in [4.78, 5) is 13.0. The molecule has 0 unspecified atom stereocenters. The minimum Gasteiger partial charge on any atom is -0.339 e. The number of nitrogens with zero attached hydrogens (tertiary/aromatic N) is 1. The van der Waals surface area contributed by atoms with Crippen LogP contribution < -0.4 is 0 Å². The Bertz CT molecular complexity index is 516. The maximum Gasteiger partial charge on any atom is 0.417 e. The number of benzene rings is 1. The summed E-state index contributed by atoms with van der Waals surface area (Å²) in [6.07, 6.45) is -9.72. The SMILES string of the molecule is CCN(CC)C(=O)c1cc(C(F)(F)F)ccc1C(F)(F)F. The molecule has 0 spiro atoms. The molecule has 0 saturated heterocycles. The second-order valence-electron chi connectivity index (χ2n) is 4.23. The number of carbonyl (C=O) groups is 1. The Kier molecular flexibility index (Phi) is 4.91. The summed E-state index contributed by atoms with van der Waals surface area (Å²) >= 11 is 0. The van der Waals surface area contributed by atoms with Crippen molar-refractivity contribution in [1.82, 2.24) is 4.90 Å². The van der Waals surface area contributed by atoms with E-state index in [1.54, 1.807) is 0 Å². The van der Waals surface area contributed by atoms with E-state index in [1.807, 2.05) is 0 Å². The molecule has 0 atom stereocenters. The van der Waals surface area contributed by atoms with Crippen molar-refractivity contribution in [3.8, 4) is 0 Å². The highest BCUT2D eigenvalue weighted by atomic mass is 19.4. The molecule has 0 heterocycles. The first-order chi connectivity index (χ1) is 9.52. The second kappa shape index (κ2) is 5.95. The number of carbonyl (C=O) groups excluding carboxylic acids is 1. The van der Waals surface area contributed by atoms with Crippen LogP contribution in [0.15, 0.2) is 18.2 Å². The van der Waals surface area contributed by atoms with Gasteiger partial charge in [0, 0.05) is 13.1 Å². The lowest BCUT2D eigenvalue weighted by atomic mass is 10.0. The molecule has 0 radical (unpaired) electrons. The number of halogens is 6. The number of hydrogen-bond donors (Lipinski definition) is 0. The van der Waals surface area contributed by atoms with E-state index in [0.717, 1.165) is 4.90 Å². The fraction of sp³-hybridized carbons (Fsp3) is 0.462. The smallest absolute Gasteiger partial charge is 0.339 e. The predicted molar refractivity (Wildman–Crippen MR) is 63.7 cm³/mol. The van der Waals surface area contributed by atoms with Crippen LogP contribution in [0.5, 0.6) is 0 Å². The molecule has 8 heteroatoms. The maximum absolute atomic E-state index is 12.9. The molecule has 1 aromatic carbocycles. The quantitative estimate of drug-likeness (QED) is 0.766. The minimum atomic E-state index is -4.90. The van der Waals surface area contributed by atoms with Crippen molar-refractivity contribution in [2.75, 3.05) is 13.1 Å². The minimum absolute atomic E-state index is 0.100. The Morgan fingerprint density at radius 3 is 1.90 bits per heavy atom. The third-order valence-corrected chi connectivity index (χ3v) is 2.93. The summed E-state index contributed by atoms with van der Waals surface area (Å²) in [5.74, 6) is -1.07. The van der Waals surface area contributed by atoms with Crippen molar-refractivity contribution in [2.45, 2.75) is 26.2 Å². The molecule has 0 aliphatic carbocycles. The van der Waals surface area contributed by atoms with Crippen LogP contribution in [-0.4, -0.2) is 23.9 Å². The highest BCUT2D eigenvalue weighted by molar-refractivity contribution is 5.96. The Balaban J connectivity index is 3.47. The summed E-state index contributed by atoms with van der Waals surface area (Å²) in [5.41, 5.74) is -3.64. The molecule has 21 heavy (non-hydrogen) atoms. The van der Waals surface area contributed by atoms with E-state index in [9.17, 15) is 31.1 Å². The molecule has 0 fully saturated rings. The summed E-state index contributed by atoms with van der Waals surface area (Å²) in [6.45, 7) is 3.26. The van der Waals surface area contributed by atoms with Crippen molar-refractivity contribution in [3.63, 3.8) is 0 Å². The van der Waals surface area contributed by atoms with Gasteiger partial charge in [0.05, 0.1) is 16.7 Å². The molecule has 0 aliphatic heterocycles. The van der Waals surface area contributed by atoms with Crippen LogP contribution in [0.1, 0.15) is 35.3 Å². The number of amides is 1. The van der Waals surface area contributed by atoms with Gasteiger partial charge in [0.2, 0.25) is 0 Å². The predicted octanol–water partition coefficient (Wildman–Crippen LogP) is 4.21. The molecule has 0 aromatic heterocycles. The van der Waals surface area contributed by atoms with Crippen LogP contribution in [0.2, 0.25) is 0 Å². The average molecular weight is 313 g/mol. The van der Waals surface area contributed by atoms with Gasteiger partial charge in [0.25, 0.3) is 5.91 Å². The van der Waals surface area contributed by atoms with E-state index >= 15 is 0 Å². The van der Waals surface area contributed by atoms with Crippen LogP contribution in [-0.2, 0) is 12.4 Å². The van der Waals surface area contributed by atoms with E-state index in [1.165, 1.54) is 13.8 Å². The van der Waals surface area contributed by atoms with Crippen molar-refractivity contribution in [2.24, 2.45) is 0 Å². The molecule has 1 rings (SSSR count). The van der Waals surface area contributed by atoms with E-state index < -0.39 is 35.0 Å². The maximum atomic E-state index is 12.9. The fourth-order valence-electron chi connectivity index (χ4n) is 1.83. The average Bonchev–Trinajstić information content (AvgIpc) is 2.37. The van der Waals surface area contributed by atoms with Crippen LogP contribution in [0.3, 0.4) is 0 Å². The van der Waals surface area contributed by atoms with Crippen molar-refractivity contribution in [3.05, 3.63) is 34.9 Å². The van der Waals surface area contributed by atoms with Crippen LogP contribution >= 0.6 is 0 Å². The Morgan fingerprint density at radius 1 is 1.00 bits per heavy atom. The lowest BCUT2D eigenvalue weighted by Crippen LogP contribution is -2.32. The third kappa shape index (κ3) is 3.89. The van der Waals surface area contributed by atoms with E-state index in [2.05, 4.69) is 0 Å². The van der Waals surface area contributed by atoms with Gasteiger partial charge in [-0.2, -0.15) is 26.3 Å². The lowest BCUT2D eigenvalue weighted by molar-refractivity contribution is -0.141. The molecule has 0 aliphatic rings. The summed E-state index contributed by atoms with van der Waals surface area (Å²) in [6, 6.07) is 0.866. The first kappa shape index (κ1) is 17.3. The first-order valence-corrected chi connectivity index (χ1v) is 6.10. The van der Waals surface area contributed by atoms with E-state index in [0.29, 0.717) is 12.1 Å². The van der Waals surface area contributed by atoms with Gasteiger partial charge in [-0.15, -0.1) is 0 Å². The lowest BCUT2D eigenvalue weighted by Gasteiger charge is -2.22. The van der Waals surface area contributed by atoms with Crippen LogP contribution in [0.25, 0.3) is 0 Å². The zero-order valence-electron chi connectivity index (χ0n) is 11.3. The Hall–Kier alpha value is -1.73. The Labute approximate surface area is 117 Å². The molecular formula is C13H13F6NO. The molecule has 118 valence electrons. The monoisotopic (exact) mass is 313 g/mol. The number of hydrogen-bond acceptors (Lipinski definition) is 1. The van der Waals surface area contributed by atoms with Crippen LogP contribution in [0, 0.1) is 0 Å². The standard InChI is InChI=1S/C13H13F6NO/c1-3-20(4-2)11(21)9-7-8(12(14,15)16)5-6-10(9)13(17,18)19/h5-7H,3-4H2,1-2H3. The Morgan fingerprint density at radius 2 is 1.52 bits per heavy atom. The van der Waals surface area contributed by atoms with Crippen molar-refractivity contribution in [1.29, 1.82) is 0 Å². The fourth-order valence-corrected chi connectivity index (χ4v) is 1.83. The van der Waals surface area contributed by atoms with Gasteiger partial charge in [0.15, 0.2) is 0 Å². The highest BCUT2D eigenvalue weighted by Crippen LogP contribution is 2.36. The van der Waals surface area contributed by atoms with Gasteiger partial charge in [-0.05, 0) is 32.0 Å². The zero-order chi connectivity index (χ0) is 16.4. The summed E-state index contributed by atoms with van der Waals surface area (Å²) < 4.78 is 76.4. The van der Waals surface area contributed by atoms with Gasteiger partial charge >= 0.3 is 12.4 Å². The van der Waals surface area contributed by atoms with Crippen LogP contribution in [0.4, 0.5) is 26.3 Å². The van der Waals surface area contributed by atoms with E-state index in [-0.39, 0.29) is 19.2 Å². The number of rotatable bonds is 3. The molecule has 0 N–H and O–H groups in total. The van der Waals surface area contributed by atoms with Gasteiger partial charge < -0.3 is 4.90 Å². The molecule has 1 amide bonds. The molecule has 2 nitrogen and oxygen atoms in total. The largest absolute Gasteiger partial charge is 0.417 e. The topological polar surface area (TPSA) is 20.3 Å². The summed E-state index contributed by atoms with van der Waals surface area (Å²) in [7, 11) is 0. The van der Waals surface area contributed by atoms with Gasteiger partial charge in [-0.1, -0.05) is 0 Å². The highest BCUT2D eigenvalue weighted by Gasteiger charge is 2.39. The molecule has 0 bridgehead atoms. The second-order valence-corrected chi connectivity index (χ2v) is 4.23. The third-order valence-electron chi connectivity index (χ3n) is 2.93.